The molecule has 34 heavy (non-hydrogen) atoms. The number of nitrogens with one attached hydrogen (secondary N) is 1. The largest absolute Gasteiger partial charge is 0.447 e. The number of hydrogen-bond acceptors (Lipinski definition) is 6. The van der Waals surface area contributed by atoms with Gasteiger partial charge in [0, 0.05) is 46.4 Å². The highest BCUT2D eigenvalue weighted by molar-refractivity contribution is 6.34. The first-order valence-corrected chi connectivity index (χ1v) is 11.4. The summed E-state index contributed by atoms with van der Waals surface area (Å²) >= 11 is 6.45. The molecule has 0 radical (unpaired) electrons. The van der Waals surface area contributed by atoms with E-state index in [4.69, 9.17) is 22.1 Å². The zero-order chi connectivity index (χ0) is 24.2. The van der Waals surface area contributed by atoms with E-state index in [0.29, 0.717) is 29.4 Å². The van der Waals surface area contributed by atoms with Gasteiger partial charge in [-0.05, 0) is 49.2 Å². The molecule has 2 heterocycles. The van der Waals surface area contributed by atoms with Gasteiger partial charge in [-0.15, -0.1) is 0 Å². The molecule has 1 aliphatic heterocycles. The SMILES string of the molecule is CC(C)OC(=O)Nc1ccc(Cl)c(C2=Nc3ncc(-c4ccc(CC(=O)CN)cc4)cc3C2)c1. The Morgan fingerprint density at radius 2 is 1.88 bits per heavy atom. The third-order valence-electron chi connectivity index (χ3n) is 5.32. The Bertz CT molecular complexity index is 1270. The number of hydrogen-bond donors (Lipinski definition) is 2. The Morgan fingerprint density at radius 1 is 1.12 bits per heavy atom. The Kier molecular flexibility index (Phi) is 7.05. The Hall–Kier alpha value is -3.55. The van der Waals surface area contributed by atoms with Crippen LogP contribution < -0.4 is 11.1 Å². The molecule has 2 aromatic carbocycles. The van der Waals surface area contributed by atoms with E-state index in [2.05, 4.69) is 21.4 Å². The van der Waals surface area contributed by atoms with Crippen molar-refractivity contribution in [2.24, 2.45) is 10.7 Å². The number of nitrogens with zero attached hydrogens (tertiary/aromatic N) is 2. The summed E-state index contributed by atoms with van der Waals surface area (Å²) in [4.78, 5) is 32.7. The summed E-state index contributed by atoms with van der Waals surface area (Å²) in [7, 11) is 0. The number of amides is 1. The normalized spacial score (nSPS) is 12.3. The number of aliphatic imine (C=N–C) groups is 1. The van der Waals surface area contributed by atoms with Crippen molar-refractivity contribution >= 4 is 40.7 Å². The van der Waals surface area contributed by atoms with Gasteiger partial charge in [-0.2, -0.15) is 0 Å². The van der Waals surface area contributed by atoms with E-state index >= 15 is 0 Å². The monoisotopic (exact) mass is 476 g/mol. The molecule has 0 saturated heterocycles. The number of halogens is 1. The maximum atomic E-state index is 12.0. The summed E-state index contributed by atoms with van der Waals surface area (Å²) < 4.78 is 5.14. The number of nitrogens with two attached hydrogens (primary N) is 1. The second-order valence-corrected chi connectivity index (χ2v) is 8.74. The molecule has 1 aromatic heterocycles. The third-order valence-corrected chi connectivity index (χ3v) is 5.65. The average Bonchev–Trinajstić information content (AvgIpc) is 3.23. The predicted molar refractivity (Wildman–Crippen MR) is 134 cm³/mol. The van der Waals surface area contributed by atoms with Crippen LogP contribution in [0.25, 0.3) is 11.1 Å². The van der Waals surface area contributed by atoms with Crippen LogP contribution in [0.5, 0.6) is 0 Å². The second-order valence-electron chi connectivity index (χ2n) is 8.33. The zero-order valence-corrected chi connectivity index (χ0v) is 19.7. The lowest BCUT2D eigenvalue weighted by Gasteiger charge is -2.11. The lowest BCUT2D eigenvalue weighted by molar-refractivity contribution is -0.117. The first kappa shape index (κ1) is 23.6. The van der Waals surface area contributed by atoms with Crippen LogP contribution in [0, 0.1) is 0 Å². The van der Waals surface area contributed by atoms with Gasteiger partial charge < -0.3 is 10.5 Å². The number of ether oxygens (including phenoxy) is 1. The molecule has 0 fully saturated rings. The van der Waals surface area contributed by atoms with Gasteiger partial charge in [0.25, 0.3) is 0 Å². The Labute approximate surface area is 203 Å². The van der Waals surface area contributed by atoms with E-state index in [-0.39, 0.29) is 18.4 Å². The molecule has 0 saturated carbocycles. The fourth-order valence-corrected chi connectivity index (χ4v) is 3.92. The van der Waals surface area contributed by atoms with Crippen LogP contribution in [0.4, 0.5) is 16.3 Å². The standard InChI is InChI=1S/C26H25ClN4O3/c1-15(2)34-26(33)30-20-7-8-23(27)22(12-20)24-11-18-10-19(14-29-25(18)31-24)17-5-3-16(4-6-17)9-21(32)13-28/h3-8,10,12,14-15H,9,11,13,28H2,1-2H3,(H,30,33). The van der Waals surface area contributed by atoms with Crippen molar-refractivity contribution in [3.05, 3.63) is 76.4 Å². The number of anilines is 1. The molecule has 0 bridgehead atoms. The van der Waals surface area contributed by atoms with Gasteiger partial charge in [0.05, 0.1) is 18.4 Å². The van der Waals surface area contributed by atoms with E-state index in [1.807, 2.05) is 24.3 Å². The highest BCUT2D eigenvalue weighted by Gasteiger charge is 2.21. The van der Waals surface area contributed by atoms with Gasteiger partial charge in [0.2, 0.25) is 0 Å². The van der Waals surface area contributed by atoms with Crippen LogP contribution in [-0.2, 0) is 22.4 Å². The fraction of sp³-hybridized carbons (Fsp3) is 0.231. The molecular formula is C26H25ClN4O3. The molecule has 1 aliphatic rings. The predicted octanol–water partition coefficient (Wildman–Crippen LogP) is 5.11. The molecule has 3 N–H and O–H groups in total. The molecule has 0 atom stereocenters. The van der Waals surface area contributed by atoms with Crippen LogP contribution in [0.1, 0.15) is 30.5 Å². The Morgan fingerprint density at radius 3 is 2.59 bits per heavy atom. The van der Waals surface area contributed by atoms with Crippen molar-refractivity contribution in [2.75, 3.05) is 11.9 Å². The number of carbonyl (C=O) groups is 2. The zero-order valence-electron chi connectivity index (χ0n) is 19.0. The summed E-state index contributed by atoms with van der Waals surface area (Å²) in [6, 6.07) is 15.1. The number of ketones is 1. The van der Waals surface area contributed by atoms with E-state index in [1.165, 1.54) is 0 Å². The van der Waals surface area contributed by atoms with E-state index < -0.39 is 6.09 Å². The number of pyridine rings is 1. The molecule has 1 amide bonds. The quantitative estimate of drug-likeness (QED) is 0.493. The van der Waals surface area contributed by atoms with Gasteiger partial charge in [0.1, 0.15) is 0 Å². The maximum absolute atomic E-state index is 12.0. The molecule has 0 unspecified atom stereocenters. The highest BCUT2D eigenvalue weighted by Crippen LogP contribution is 2.33. The lowest BCUT2D eigenvalue weighted by Crippen LogP contribution is -2.18. The molecule has 8 heteroatoms. The lowest BCUT2D eigenvalue weighted by atomic mass is 10.00. The maximum Gasteiger partial charge on any atom is 0.411 e. The first-order valence-electron chi connectivity index (χ1n) is 11.0. The number of carbonyl (C=O) groups excluding carboxylic acids is 2. The number of fused-ring (bicyclic) bond motifs is 1. The second kappa shape index (κ2) is 10.2. The van der Waals surface area contributed by atoms with Crippen molar-refractivity contribution in [3.63, 3.8) is 0 Å². The third kappa shape index (κ3) is 5.50. The fourth-order valence-electron chi connectivity index (χ4n) is 3.70. The minimum Gasteiger partial charge on any atom is -0.447 e. The van der Waals surface area contributed by atoms with Crippen LogP contribution >= 0.6 is 11.6 Å². The van der Waals surface area contributed by atoms with Gasteiger partial charge in [-0.3, -0.25) is 10.1 Å². The molecule has 174 valence electrons. The van der Waals surface area contributed by atoms with Crippen molar-refractivity contribution in [1.82, 2.24) is 4.98 Å². The van der Waals surface area contributed by atoms with Crippen LogP contribution in [-0.4, -0.2) is 35.2 Å². The van der Waals surface area contributed by atoms with Crippen LogP contribution in [0.15, 0.2) is 59.7 Å². The van der Waals surface area contributed by atoms with Crippen molar-refractivity contribution in [2.45, 2.75) is 32.8 Å². The topological polar surface area (TPSA) is 107 Å². The first-order chi connectivity index (χ1) is 16.3. The molecule has 3 aromatic rings. The minimum atomic E-state index is -0.523. The molecule has 4 rings (SSSR count). The summed E-state index contributed by atoms with van der Waals surface area (Å²) in [5, 5.41) is 3.26. The van der Waals surface area contributed by atoms with E-state index in [9.17, 15) is 9.59 Å². The number of aromatic nitrogens is 1. The smallest absolute Gasteiger partial charge is 0.411 e. The van der Waals surface area contributed by atoms with Crippen molar-refractivity contribution in [1.29, 1.82) is 0 Å². The van der Waals surface area contributed by atoms with Crippen LogP contribution in [0.2, 0.25) is 5.02 Å². The van der Waals surface area contributed by atoms with E-state index in [0.717, 1.165) is 33.5 Å². The summed E-state index contributed by atoms with van der Waals surface area (Å²) in [6.07, 6.45) is 1.95. The van der Waals surface area contributed by atoms with Crippen molar-refractivity contribution < 1.29 is 14.3 Å². The van der Waals surface area contributed by atoms with Crippen LogP contribution in [0.3, 0.4) is 0 Å². The molecular weight excluding hydrogens is 452 g/mol. The van der Waals surface area contributed by atoms with Gasteiger partial charge in [-0.25, -0.2) is 14.8 Å². The number of rotatable bonds is 7. The Balaban J connectivity index is 1.51. The summed E-state index contributed by atoms with van der Waals surface area (Å²) in [6.45, 7) is 3.62. The minimum absolute atomic E-state index is 0.00590. The average molecular weight is 477 g/mol. The molecule has 7 nitrogen and oxygen atoms in total. The molecule has 0 spiro atoms. The number of benzene rings is 2. The van der Waals surface area contributed by atoms with E-state index in [1.54, 1.807) is 38.2 Å². The van der Waals surface area contributed by atoms with Gasteiger partial charge in [0.15, 0.2) is 11.6 Å². The van der Waals surface area contributed by atoms with Gasteiger partial charge >= 0.3 is 6.09 Å². The van der Waals surface area contributed by atoms with Gasteiger partial charge in [-0.1, -0.05) is 35.9 Å². The molecule has 0 aliphatic carbocycles. The summed E-state index contributed by atoms with van der Waals surface area (Å²) in [5.41, 5.74) is 11.4. The summed E-state index contributed by atoms with van der Waals surface area (Å²) in [5.74, 6) is 0.656. The highest BCUT2D eigenvalue weighted by atomic mass is 35.5. The number of Topliss-reactive ketones (excluding diaryl/α,β-unsaturated/α-hetero) is 1. The van der Waals surface area contributed by atoms with Crippen molar-refractivity contribution in [3.8, 4) is 11.1 Å².